The number of carbonyl (C=O) groups is 2. The van der Waals surface area contributed by atoms with Crippen molar-refractivity contribution in [1.29, 1.82) is 0 Å². The molecule has 16 heavy (non-hydrogen) atoms. The minimum absolute atomic E-state index is 0.113. The van der Waals surface area contributed by atoms with Crippen molar-refractivity contribution in [3.05, 3.63) is 0 Å². The molecule has 5 heteroatoms. The third-order valence-corrected chi connectivity index (χ3v) is 2.51. The Morgan fingerprint density at radius 1 is 1.25 bits per heavy atom. The fourth-order valence-corrected chi connectivity index (χ4v) is 1.38. The molecule has 1 atom stereocenters. The number of carboxylic acids is 1. The fraction of sp³-hybridized carbons (Fsp3) is 0.818. The highest BCUT2D eigenvalue weighted by atomic mass is 16.4. The maximum Gasteiger partial charge on any atom is 0.326 e. The van der Waals surface area contributed by atoms with Crippen molar-refractivity contribution < 1.29 is 14.7 Å². The Morgan fingerprint density at radius 3 is 2.06 bits per heavy atom. The lowest BCUT2D eigenvalue weighted by Gasteiger charge is -2.21. The van der Waals surface area contributed by atoms with Crippen molar-refractivity contribution in [3.63, 3.8) is 0 Å². The van der Waals surface area contributed by atoms with E-state index in [2.05, 4.69) is 5.32 Å². The molecule has 2 N–H and O–H groups in total. The van der Waals surface area contributed by atoms with Crippen LogP contribution in [0, 0.1) is 5.92 Å². The van der Waals surface area contributed by atoms with E-state index in [4.69, 9.17) is 5.11 Å². The Labute approximate surface area is 96.8 Å². The first-order chi connectivity index (χ1) is 7.42. The van der Waals surface area contributed by atoms with Crippen LogP contribution in [0.4, 0.5) is 0 Å². The molecular weight excluding hydrogens is 208 g/mol. The van der Waals surface area contributed by atoms with Gasteiger partial charge in [0.25, 0.3) is 0 Å². The molecule has 0 aliphatic rings. The topological polar surface area (TPSA) is 69.6 Å². The highest BCUT2D eigenvalue weighted by Gasteiger charge is 2.23. The largest absolute Gasteiger partial charge is 0.480 e. The van der Waals surface area contributed by atoms with E-state index >= 15 is 0 Å². The molecule has 0 bridgehead atoms. The van der Waals surface area contributed by atoms with Crippen LogP contribution in [0.3, 0.4) is 0 Å². The molecule has 0 spiro atoms. The number of nitrogens with zero attached hydrogens (tertiary/aromatic N) is 1. The summed E-state index contributed by atoms with van der Waals surface area (Å²) in [6.07, 6.45) is 0. The van der Waals surface area contributed by atoms with E-state index in [0.29, 0.717) is 0 Å². The summed E-state index contributed by atoms with van der Waals surface area (Å²) in [6, 6.07) is -0.803. The Morgan fingerprint density at radius 2 is 1.75 bits per heavy atom. The lowest BCUT2D eigenvalue weighted by atomic mass is 10.0. The zero-order valence-electron chi connectivity index (χ0n) is 10.5. The predicted octanol–water partition coefficient (Wildman–Crippen LogP) is 0.554. The molecule has 0 aromatic heterocycles. The van der Waals surface area contributed by atoms with Gasteiger partial charge < -0.3 is 10.4 Å². The van der Waals surface area contributed by atoms with Gasteiger partial charge in [-0.3, -0.25) is 9.69 Å². The maximum atomic E-state index is 11.6. The van der Waals surface area contributed by atoms with Crippen molar-refractivity contribution in [3.8, 4) is 0 Å². The van der Waals surface area contributed by atoms with Gasteiger partial charge in [-0.1, -0.05) is 27.7 Å². The van der Waals surface area contributed by atoms with Crippen molar-refractivity contribution >= 4 is 11.9 Å². The van der Waals surface area contributed by atoms with Gasteiger partial charge in [0.05, 0.1) is 6.54 Å². The number of hydrogen-bond acceptors (Lipinski definition) is 3. The van der Waals surface area contributed by atoms with Gasteiger partial charge in [0.1, 0.15) is 6.04 Å². The zero-order chi connectivity index (χ0) is 12.7. The minimum Gasteiger partial charge on any atom is -0.480 e. The fourth-order valence-electron chi connectivity index (χ4n) is 1.38. The number of likely N-dealkylation sites (N-methyl/N-ethyl adjacent to an activating group) is 1. The summed E-state index contributed by atoms with van der Waals surface area (Å²) in [5.74, 6) is -1.33. The smallest absolute Gasteiger partial charge is 0.326 e. The van der Waals surface area contributed by atoms with Crippen molar-refractivity contribution in [2.45, 2.75) is 33.7 Å². The van der Waals surface area contributed by atoms with Gasteiger partial charge in [0.15, 0.2) is 0 Å². The molecule has 1 unspecified atom stereocenters. The zero-order valence-corrected chi connectivity index (χ0v) is 10.5. The molecule has 0 aromatic rings. The molecule has 0 rings (SSSR count). The molecule has 0 fully saturated rings. The predicted molar refractivity (Wildman–Crippen MR) is 62.2 cm³/mol. The van der Waals surface area contributed by atoms with Crippen LogP contribution >= 0.6 is 0 Å². The SMILES string of the molecule is CCN(CC)CC(=O)NC(C(=O)O)C(C)C. The highest BCUT2D eigenvalue weighted by molar-refractivity contribution is 5.84. The monoisotopic (exact) mass is 230 g/mol. The van der Waals surface area contributed by atoms with Crippen molar-refractivity contribution in [2.75, 3.05) is 19.6 Å². The third-order valence-electron chi connectivity index (χ3n) is 2.51. The summed E-state index contributed by atoms with van der Waals surface area (Å²) in [5, 5.41) is 11.4. The lowest BCUT2D eigenvalue weighted by Crippen LogP contribution is -2.48. The van der Waals surface area contributed by atoms with E-state index < -0.39 is 12.0 Å². The number of nitrogens with one attached hydrogen (secondary N) is 1. The highest BCUT2D eigenvalue weighted by Crippen LogP contribution is 2.01. The van der Waals surface area contributed by atoms with Crippen LogP contribution in [0.25, 0.3) is 0 Å². The summed E-state index contributed by atoms with van der Waals surface area (Å²) < 4.78 is 0. The summed E-state index contributed by atoms with van der Waals surface area (Å²) >= 11 is 0. The van der Waals surface area contributed by atoms with E-state index in [0.717, 1.165) is 13.1 Å². The van der Waals surface area contributed by atoms with Crippen LogP contribution < -0.4 is 5.32 Å². The normalized spacial score (nSPS) is 12.9. The molecule has 0 heterocycles. The number of amides is 1. The number of aliphatic carboxylic acids is 1. The molecule has 5 nitrogen and oxygen atoms in total. The number of rotatable bonds is 7. The number of carbonyl (C=O) groups excluding carboxylic acids is 1. The molecule has 0 saturated heterocycles. The number of hydrogen-bond donors (Lipinski definition) is 2. The molecule has 0 aliphatic carbocycles. The van der Waals surface area contributed by atoms with E-state index in [9.17, 15) is 9.59 Å². The van der Waals surface area contributed by atoms with Gasteiger partial charge in [-0.2, -0.15) is 0 Å². The second kappa shape index (κ2) is 7.22. The van der Waals surface area contributed by atoms with E-state index in [1.165, 1.54) is 0 Å². The first kappa shape index (κ1) is 14.9. The molecular formula is C11H22N2O3. The summed E-state index contributed by atoms with van der Waals surface area (Å²) in [6.45, 7) is 9.30. The molecule has 94 valence electrons. The summed E-state index contributed by atoms with van der Waals surface area (Å²) in [5.41, 5.74) is 0. The second-order valence-electron chi connectivity index (χ2n) is 4.09. The molecule has 0 saturated carbocycles. The Hall–Kier alpha value is -1.10. The van der Waals surface area contributed by atoms with Crippen LogP contribution in [0.5, 0.6) is 0 Å². The van der Waals surface area contributed by atoms with E-state index in [1.54, 1.807) is 13.8 Å². The molecule has 0 aromatic carbocycles. The minimum atomic E-state index is -0.983. The Bertz CT molecular complexity index is 237. The second-order valence-corrected chi connectivity index (χ2v) is 4.09. The van der Waals surface area contributed by atoms with Crippen LogP contribution in [-0.2, 0) is 9.59 Å². The van der Waals surface area contributed by atoms with Crippen LogP contribution in [0.15, 0.2) is 0 Å². The average Bonchev–Trinajstić information content (AvgIpc) is 2.21. The van der Waals surface area contributed by atoms with E-state index in [-0.39, 0.29) is 18.4 Å². The first-order valence-corrected chi connectivity index (χ1v) is 5.66. The van der Waals surface area contributed by atoms with Gasteiger partial charge >= 0.3 is 5.97 Å². The van der Waals surface area contributed by atoms with Gasteiger partial charge in [0.2, 0.25) is 5.91 Å². The molecule has 0 aliphatic heterocycles. The van der Waals surface area contributed by atoms with Crippen LogP contribution in [0.2, 0.25) is 0 Å². The number of carboxylic acid groups (broad SMARTS) is 1. The van der Waals surface area contributed by atoms with Crippen LogP contribution in [-0.4, -0.2) is 47.6 Å². The Kier molecular flexibility index (Phi) is 6.72. The summed E-state index contributed by atoms with van der Waals surface area (Å²) in [4.78, 5) is 24.4. The average molecular weight is 230 g/mol. The quantitative estimate of drug-likeness (QED) is 0.670. The maximum absolute atomic E-state index is 11.6. The van der Waals surface area contributed by atoms with E-state index in [1.807, 2.05) is 18.7 Å². The lowest BCUT2D eigenvalue weighted by molar-refractivity contribution is -0.143. The van der Waals surface area contributed by atoms with Crippen molar-refractivity contribution in [1.82, 2.24) is 10.2 Å². The molecule has 0 radical (unpaired) electrons. The molecule has 1 amide bonds. The van der Waals surface area contributed by atoms with Crippen LogP contribution in [0.1, 0.15) is 27.7 Å². The van der Waals surface area contributed by atoms with Gasteiger partial charge in [-0.25, -0.2) is 4.79 Å². The van der Waals surface area contributed by atoms with Gasteiger partial charge in [0, 0.05) is 0 Å². The third kappa shape index (κ3) is 5.11. The van der Waals surface area contributed by atoms with Gasteiger partial charge in [-0.05, 0) is 19.0 Å². The first-order valence-electron chi connectivity index (χ1n) is 5.66. The summed E-state index contributed by atoms with van der Waals surface area (Å²) in [7, 11) is 0. The van der Waals surface area contributed by atoms with Gasteiger partial charge in [-0.15, -0.1) is 0 Å². The standard InChI is InChI=1S/C11H22N2O3/c1-5-13(6-2)7-9(14)12-10(8(3)4)11(15)16/h8,10H,5-7H2,1-4H3,(H,12,14)(H,15,16). The van der Waals surface area contributed by atoms with Crippen molar-refractivity contribution in [2.24, 2.45) is 5.92 Å². The Balaban J connectivity index is 4.25.